The van der Waals surface area contributed by atoms with Gasteiger partial charge in [-0.25, -0.2) is 0 Å². The van der Waals surface area contributed by atoms with Gasteiger partial charge in [-0.3, -0.25) is 9.48 Å². The van der Waals surface area contributed by atoms with Crippen molar-refractivity contribution in [3.63, 3.8) is 0 Å². The fourth-order valence-electron chi connectivity index (χ4n) is 2.88. The Labute approximate surface area is 114 Å². The first-order valence-corrected chi connectivity index (χ1v) is 7.00. The molecule has 1 heterocycles. The third-order valence-corrected chi connectivity index (χ3v) is 4.42. The lowest BCUT2D eigenvalue weighted by Gasteiger charge is -2.32. The second-order valence-corrected chi connectivity index (χ2v) is 5.91. The van der Waals surface area contributed by atoms with Gasteiger partial charge in [0.15, 0.2) is 0 Å². The number of carbonyl (C=O) groups excluding carboxylic acids is 1. The summed E-state index contributed by atoms with van der Waals surface area (Å²) in [6, 6.07) is 0.258. The van der Waals surface area contributed by atoms with Gasteiger partial charge in [-0.15, -0.1) is 0 Å². The Hall–Kier alpha value is -1.52. The highest BCUT2D eigenvalue weighted by molar-refractivity contribution is 5.98. The van der Waals surface area contributed by atoms with Crippen molar-refractivity contribution in [1.29, 1.82) is 0 Å². The Morgan fingerprint density at radius 1 is 1.37 bits per heavy atom. The molecule has 0 aromatic carbocycles. The molecule has 106 valence electrons. The zero-order chi connectivity index (χ0) is 14.2. The first-order chi connectivity index (χ1) is 8.90. The van der Waals surface area contributed by atoms with Gasteiger partial charge in [0.05, 0.1) is 11.4 Å². The van der Waals surface area contributed by atoms with Gasteiger partial charge in [0, 0.05) is 13.1 Å². The van der Waals surface area contributed by atoms with Crippen molar-refractivity contribution >= 4 is 11.6 Å². The number of aryl methyl sites for hydroxylation is 2. The lowest BCUT2D eigenvalue weighted by Crippen LogP contribution is -2.40. The van der Waals surface area contributed by atoms with Crippen molar-refractivity contribution in [2.45, 2.75) is 46.1 Å². The van der Waals surface area contributed by atoms with E-state index in [4.69, 9.17) is 5.73 Å². The van der Waals surface area contributed by atoms with Crippen molar-refractivity contribution < 1.29 is 4.79 Å². The van der Waals surface area contributed by atoms with E-state index in [1.807, 2.05) is 6.92 Å². The summed E-state index contributed by atoms with van der Waals surface area (Å²) in [4.78, 5) is 12.3. The third kappa shape index (κ3) is 2.74. The number of nitrogens with two attached hydrogens (primary N) is 1. The van der Waals surface area contributed by atoms with E-state index in [-0.39, 0.29) is 11.9 Å². The van der Waals surface area contributed by atoms with E-state index in [1.54, 1.807) is 11.7 Å². The highest BCUT2D eigenvalue weighted by Crippen LogP contribution is 2.29. The van der Waals surface area contributed by atoms with E-state index in [0.717, 1.165) is 18.8 Å². The van der Waals surface area contributed by atoms with Gasteiger partial charge >= 0.3 is 0 Å². The highest BCUT2D eigenvalue weighted by atomic mass is 16.2. The van der Waals surface area contributed by atoms with Gasteiger partial charge in [0.2, 0.25) is 0 Å². The zero-order valence-corrected chi connectivity index (χ0v) is 12.2. The summed E-state index contributed by atoms with van der Waals surface area (Å²) < 4.78 is 1.56. The smallest absolute Gasteiger partial charge is 0.271 e. The number of hydrogen-bond acceptors (Lipinski definition) is 3. The summed E-state index contributed by atoms with van der Waals surface area (Å²) in [5.74, 6) is 1.30. The summed E-state index contributed by atoms with van der Waals surface area (Å²) >= 11 is 0. The molecule has 5 heteroatoms. The first kappa shape index (κ1) is 13.9. The lowest BCUT2D eigenvalue weighted by molar-refractivity contribution is 0.0902. The van der Waals surface area contributed by atoms with Gasteiger partial charge in [-0.1, -0.05) is 13.8 Å². The normalized spacial score (nSPS) is 27.3. The molecule has 5 nitrogen and oxygen atoms in total. The number of anilines is 1. The number of aromatic nitrogens is 2. The fraction of sp³-hybridized carbons (Fsp3) is 0.714. The predicted molar refractivity (Wildman–Crippen MR) is 75.8 cm³/mol. The molecule has 1 aliphatic carbocycles. The van der Waals surface area contributed by atoms with Gasteiger partial charge in [-0.2, -0.15) is 5.10 Å². The maximum atomic E-state index is 12.3. The summed E-state index contributed by atoms with van der Waals surface area (Å²) in [5, 5.41) is 7.28. The Bertz CT molecular complexity index is 480. The molecule has 0 radical (unpaired) electrons. The number of hydrogen-bond donors (Lipinski definition) is 2. The number of carbonyl (C=O) groups is 1. The molecule has 0 spiro atoms. The van der Waals surface area contributed by atoms with Crippen LogP contribution in [0.5, 0.6) is 0 Å². The average Bonchev–Trinajstić information content (AvgIpc) is 2.58. The largest absolute Gasteiger partial charge is 0.395 e. The molecular formula is C14H24N4O. The Balaban J connectivity index is 2.05. The summed E-state index contributed by atoms with van der Waals surface area (Å²) in [7, 11) is 1.75. The molecule has 3 unspecified atom stereocenters. The number of amides is 1. The molecule has 1 aromatic rings. The van der Waals surface area contributed by atoms with Gasteiger partial charge in [0.25, 0.3) is 5.91 Å². The van der Waals surface area contributed by atoms with E-state index < -0.39 is 0 Å². The molecule has 1 amide bonds. The van der Waals surface area contributed by atoms with Crippen molar-refractivity contribution in [3.8, 4) is 0 Å². The monoisotopic (exact) mass is 264 g/mol. The quantitative estimate of drug-likeness (QED) is 0.856. The van der Waals surface area contributed by atoms with Gasteiger partial charge in [-0.05, 0) is 38.0 Å². The minimum absolute atomic E-state index is 0.104. The van der Waals surface area contributed by atoms with Crippen LogP contribution in [0.2, 0.25) is 0 Å². The molecule has 0 aliphatic heterocycles. The van der Waals surface area contributed by atoms with Crippen LogP contribution in [-0.2, 0) is 7.05 Å². The van der Waals surface area contributed by atoms with Crippen molar-refractivity contribution in [1.82, 2.24) is 15.1 Å². The van der Waals surface area contributed by atoms with Crippen molar-refractivity contribution in [2.75, 3.05) is 5.73 Å². The first-order valence-electron chi connectivity index (χ1n) is 7.00. The van der Waals surface area contributed by atoms with Crippen LogP contribution < -0.4 is 11.1 Å². The SMILES string of the molecule is Cc1nn(C)c(C(=O)NC2CCC(C)C(C)C2)c1N. The van der Waals surface area contributed by atoms with Gasteiger partial charge in [0.1, 0.15) is 5.69 Å². The van der Waals surface area contributed by atoms with Crippen LogP contribution >= 0.6 is 0 Å². The average molecular weight is 264 g/mol. The van der Waals surface area contributed by atoms with E-state index >= 15 is 0 Å². The van der Waals surface area contributed by atoms with Crippen LogP contribution in [-0.4, -0.2) is 21.7 Å². The predicted octanol–water partition coefficient (Wildman–Crippen LogP) is 1.87. The van der Waals surface area contributed by atoms with Crippen LogP contribution in [0.25, 0.3) is 0 Å². The molecule has 0 saturated heterocycles. The van der Waals surface area contributed by atoms with E-state index in [9.17, 15) is 4.79 Å². The van der Waals surface area contributed by atoms with Crippen LogP contribution in [0.15, 0.2) is 0 Å². The van der Waals surface area contributed by atoms with E-state index in [2.05, 4.69) is 24.3 Å². The third-order valence-electron chi connectivity index (χ3n) is 4.42. The lowest BCUT2D eigenvalue weighted by atomic mass is 9.79. The molecule has 1 aromatic heterocycles. The second kappa shape index (κ2) is 5.23. The number of rotatable bonds is 2. The topological polar surface area (TPSA) is 72.9 Å². The molecule has 19 heavy (non-hydrogen) atoms. The van der Waals surface area contributed by atoms with Crippen LogP contribution in [0.4, 0.5) is 5.69 Å². The van der Waals surface area contributed by atoms with Gasteiger partial charge < -0.3 is 11.1 Å². The van der Waals surface area contributed by atoms with Crippen molar-refractivity contribution in [3.05, 3.63) is 11.4 Å². The molecule has 3 atom stereocenters. The molecule has 3 N–H and O–H groups in total. The summed E-state index contributed by atoms with van der Waals surface area (Å²) in [6.45, 7) is 6.35. The second-order valence-electron chi connectivity index (χ2n) is 5.91. The summed E-state index contributed by atoms with van der Waals surface area (Å²) in [6.07, 6.45) is 3.27. The minimum atomic E-state index is -0.104. The fourth-order valence-corrected chi connectivity index (χ4v) is 2.88. The van der Waals surface area contributed by atoms with E-state index in [1.165, 1.54) is 6.42 Å². The number of nitrogens with zero attached hydrogens (tertiary/aromatic N) is 2. The van der Waals surface area contributed by atoms with Crippen LogP contribution in [0.1, 0.15) is 49.3 Å². The zero-order valence-electron chi connectivity index (χ0n) is 12.2. The van der Waals surface area contributed by atoms with Crippen molar-refractivity contribution in [2.24, 2.45) is 18.9 Å². The maximum absolute atomic E-state index is 12.3. The molecule has 1 saturated carbocycles. The standard InChI is InChI=1S/C14H24N4O/c1-8-5-6-11(7-9(8)2)16-14(19)13-12(15)10(3)17-18(13)4/h8-9,11H,5-7,15H2,1-4H3,(H,16,19). The summed E-state index contributed by atoms with van der Waals surface area (Å²) in [5.41, 5.74) is 7.58. The van der Waals surface area contributed by atoms with Crippen LogP contribution in [0, 0.1) is 18.8 Å². The number of nitrogen functional groups attached to an aromatic ring is 1. The molecular weight excluding hydrogens is 240 g/mol. The molecule has 2 rings (SSSR count). The Morgan fingerprint density at radius 3 is 2.58 bits per heavy atom. The maximum Gasteiger partial charge on any atom is 0.271 e. The van der Waals surface area contributed by atoms with Crippen LogP contribution in [0.3, 0.4) is 0 Å². The number of nitrogens with one attached hydrogen (secondary N) is 1. The molecule has 0 bridgehead atoms. The Morgan fingerprint density at radius 2 is 2.05 bits per heavy atom. The molecule has 1 aliphatic rings. The highest BCUT2D eigenvalue weighted by Gasteiger charge is 2.27. The minimum Gasteiger partial charge on any atom is -0.395 e. The molecule has 1 fully saturated rings. The van der Waals surface area contributed by atoms with E-state index in [0.29, 0.717) is 23.0 Å². The Kier molecular flexibility index (Phi) is 3.83.